The summed E-state index contributed by atoms with van der Waals surface area (Å²) in [5.41, 5.74) is 5.40. The highest BCUT2D eigenvalue weighted by Gasteiger charge is 2.49. The Balaban J connectivity index is 1.99. The van der Waals surface area contributed by atoms with Crippen molar-refractivity contribution in [2.75, 3.05) is 13.1 Å². The van der Waals surface area contributed by atoms with Gasteiger partial charge in [-0.25, -0.2) is 0 Å². The number of carbonyl (C=O) groups is 1. The SMILES string of the molecule is CC1CN(C(=O)C2(N)CC2)CC1C. The summed E-state index contributed by atoms with van der Waals surface area (Å²) in [7, 11) is 0. The Morgan fingerprint density at radius 2 is 1.77 bits per heavy atom. The summed E-state index contributed by atoms with van der Waals surface area (Å²) in [6.45, 7) is 6.21. The monoisotopic (exact) mass is 182 g/mol. The van der Waals surface area contributed by atoms with E-state index in [0.717, 1.165) is 25.9 Å². The number of hydrogen-bond acceptors (Lipinski definition) is 2. The molecule has 2 fully saturated rings. The molecule has 13 heavy (non-hydrogen) atoms. The number of nitrogens with zero attached hydrogens (tertiary/aromatic N) is 1. The number of amides is 1. The van der Waals surface area contributed by atoms with E-state index in [-0.39, 0.29) is 5.91 Å². The van der Waals surface area contributed by atoms with E-state index in [1.165, 1.54) is 0 Å². The van der Waals surface area contributed by atoms with Crippen LogP contribution < -0.4 is 5.73 Å². The molecule has 3 nitrogen and oxygen atoms in total. The molecule has 0 aromatic heterocycles. The van der Waals surface area contributed by atoms with Crippen molar-refractivity contribution in [1.82, 2.24) is 4.90 Å². The predicted octanol–water partition coefficient (Wildman–Crippen LogP) is 0.592. The molecule has 1 heterocycles. The molecule has 0 aromatic carbocycles. The van der Waals surface area contributed by atoms with Crippen LogP contribution in [0.1, 0.15) is 26.7 Å². The van der Waals surface area contributed by atoms with Crippen LogP contribution in [-0.4, -0.2) is 29.4 Å². The van der Waals surface area contributed by atoms with E-state index < -0.39 is 5.54 Å². The number of rotatable bonds is 1. The fraction of sp³-hybridized carbons (Fsp3) is 0.900. The van der Waals surface area contributed by atoms with Gasteiger partial charge in [0.15, 0.2) is 0 Å². The topological polar surface area (TPSA) is 46.3 Å². The van der Waals surface area contributed by atoms with E-state index >= 15 is 0 Å². The normalized spacial score (nSPS) is 36.4. The van der Waals surface area contributed by atoms with E-state index in [0.29, 0.717) is 11.8 Å². The summed E-state index contributed by atoms with van der Waals surface area (Å²) in [4.78, 5) is 13.8. The van der Waals surface area contributed by atoms with Gasteiger partial charge in [-0.1, -0.05) is 13.8 Å². The first-order valence-corrected chi connectivity index (χ1v) is 5.11. The third kappa shape index (κ3) is 1.46. The molecule has 2 aliphatic rings. The molecule has 1 aliphatic carbocycles. The maximum absolute atomic E-state index is 11.8. The fourth-order valence-electron chi connectivity index (χ4n) is 1.96. The second-order valence-electron chi connectivity index (χ2n) is 4.82. The molecule has 2 unspecified atom stereocenters. The molecule has 1 saturated carbocycles. The summed E-state index contributed by atoms with van der Waals surface area (Å²) in [5.74, 6) is 1.45. The Morgan fingerprint density at radius 3 is 2.15 bits per heavy atom. The standard InChI is InChI=1S/C10H18N2O/c1-7-5-12(6-8(7)2)9(13)10(11)3-4-10/h7-8H,3-6,11H2,1-2H3. The van der Waals surface area contributed by atoms with Crippen LogP contribution in [0.2, 0.25) is 0 Å². The smallest absolute Gasteiger partial charge is 0.242 e. The zero-order chi connectivity index (χ0) is 9.64. The second-order valence-corrected chi connectivity index (χ2v) is 4.82. The van der Waals surface area contributed by atoms with Gasteiger partial charge in [-0.2, -0.15) is 0 Å². The maximum Gasteiger partial charge on any atom is 0.242 e. The van der Waals surface area contributed by atoms with Gasteiger partial charge in [-0.3, -0.25) is 4.79 Å². The Hall–Kier alpha value is -0.570. The lowest BCUT2D eigenvalue weighted by atomic mass is 10.0. The lowest BCUT2D eigenvalue weighted by Gasteiger charge is -2.19. The van der Waals surface area contributed by atoms with Gasteiger partial charge < -0.3 is 10.6 Å². The van der Waals surface area contributed by atoms with Gasteiger partial charge in [-0.15, -0.1) is 0 Å². The Kier molecular flexibility index (Phi) is 1.88. The molecule has 2 rings (SSSR count). The molecule has 2 N–H and O–H groups in total. The van der Waals surface area contributed by atoms with Crippen LogP contribution in [0, 0.1) is 11.8 Å². The van der Waals surface area contributed by atoms with Crippen molar-refractivity contribution in [2.45, 2.75) is 32.2 Å². The Bertz CT molecular complexity index is 225. The van der Waals surface area contributed by atoms with Gasteiger partial charge in [0.1, 0.15) is 0 Å². The molecule has 1 aliphatic heterocycles. The minimum Gasteiger partial charge on any atom is -0.341 e. The number of nitrogens with two attached hydrogens (primary N) is 1. The van der Waals surface area contributed by atoms with Gasteiger partial charge in [0, 0.05) is 13.1 Å². The van der Waals surface area contributed by atoms with Crippen LogP contribution in [-0.2, 0) is 4.79 Å². The van der Waals surface area contributed by atoms with Gasteiger partial charge in [0.25, 0.3) is 0 Å². The molecule has 1 saturated heterocycles. The summed E-state index contributed by atoms with van der Waals surface area (Å²) in [6.07, 6.45) is 1.76. The van der Waals surface area contributed by atoms with Crippen LogP contribution in [0.4, 0.5) is 0 Å². The molecular formula is C10H18N2O. The van der Waals surface area contributed by atoms with Crippen molar-refractivity contribution in [3.8, 4) is 0 Å². The van der Waals surface area contributed by atoms with Crippen molar-refractivity contribution in [3.05, 3.63) is 0 Å². The molecule has 2 atom stereocenters. The van der Waals surface area contributed by atoms with Crippen molar-refractivity contribution >= 4 is 5.91 Å². The molecular weight excluding hydrogens is 164 g/mol. The van der Waals surface area contributed by atoms with Gasteiger partial charge in [0.05, 0.1) is 5.54 Å². The average Bonchev–Trinajstić information content (AvgIpc) is 2.74. The molecule has 0 bridgehead atoms. The minimum absolute atomic E-state index is 0.184. The molecule has 0 spiro atoms. The van der Waals surface area contributed by atoms with Crippen molar-refractivity contribution in [1.29, 1.82) is 0 Å². The van der Waals surface area contributed by atoms with E-state index in [9.17, 15) is 4.79 Å². The number of carbonyl (C=O) groups excluding carboxylic acids is 1. The molecule has 1 amide bonds. The fourth-order valence-corrected chi connectivity index (χ4v) is 1.96. The van der Waals surface area contributed by atoms with Gasteiger partial charge in [0.2, 0.25) is 5.91 Å². The van der Waals surface area contributed by atoms with Crippen LogP contribution in [0.3, 0.4) is 0 Å². The first kappa shape index (κ1) is 9.00. The number of likely N-dealkylation sites (tertiary alicyclic amines) is 1. The summed E-state index contributed by atoms with van der Waals surface area (Å²) < 4.78 is 0. The van der Waals surface area contributed by atoms with Crippen LogP contribution >= 0.6 is 0 Å². The lowest BCUT2D eigenvalue weighted by Crippen LogP contribution is -2.44. The Morgan fingerprint density at radius 1 is 1.31 bits per heavy atom. The van der Waals surface area contributed by atoms with Crippen molar-refractivity contribution in [2.24, 2.45) is 17.6 Å². The first-order valence-electron chi connectivity index (χ1n) is 5.11. The second kappa shape index (κ2) is 2.71. The quantitative estimate of drug-likeness (QED) is 0.645. The van der Waals surface area contributed by atoms with Crippen LogP contribution in [0.15, 0.2) is 0 Å². The van der Waals surface area contributed by atoms with E-state index in [4.69, 9.17) is 5.73 Å². The minimum atomic E-state index is -0.468. The Labute approximate surface area is 79.3 Å². The van der Waals surface area contributed by atoms with E-state index in [1.54, 1.807) is 0 Å². The van der Waals surface area contributed by atoms with Crippen molar-refractivity contribution < 1.29 is 4.79 Å². The average molecular weight is 182 g/mol. The predicted molar refractivity (Wildman–Crippen MR) is 51.1 cm³/mol. The van der Waals surface area contributed by atoms with Crippen LogP contribution in [0.25, 0.3) is 0 Å². The van der Waals surface area contributed by atoms with Gasteiger partial charge >= 0.3 is 0 Å². The number of hydrogen-bond donors (Lipinski definition) is 1. The molecule has 74 valence electrons. The highest BCUT2D eigenvalue weighted by molar-refractivity contribution is 5.89. The van der Waals surface area contributed by atoms with E-state index in [1.807, 2.05) is 4.90 Å². The largest absolute Gasteiger partial charge is 0.341 e. The molecule has 3 heteroatoms. The summed E-state index contributed by atoms with van der Waals surface area (Å²) >= 11 is 0. The summed E-state index contributed by atoms with van der Waals surface area (Å²) in [5, 5.41) is 0. The highest BCUT2D eigenvalue weighted by Crippen LogP contribution is 2.36. The van der Waals surface area contributed by atoms with Crippen molar-refractivity contribution in [3.63, 3.8) is 0 Å². The van der Waals surface area contributed by atoms with Crippen LogP contribution in [0.5, 0.6) is 0 Å². The zero-order valence-electron chi connectivity index (χ0n) is 8.42. The maximum atomic E-state index is 11.8. The molecule has 0 aromatic rings. The highest BCUT2D eigenvalue weighted by atomic mass is 16.2. The molecule has 0 radical (unpaired) electrons. The van der Waals surface area contributed by atoms with E-state index in [2.05, 4.69) is 13.8 Å². The zero-order valence-corrected chi connectivity index (χ0v) is 8.42. The summed E-state index contributed by atoms with van der Waals surface area (Å²) in [6, 6.07) is 0. The third-order valence-corrected chi connectivity index (χ3v) is 3.49. The lowest BCUT2D eigenvalue weighted by molar-refractivity contribution is -0.132. The third-order valence-electron chi connectivity index (χ3n) is 3.49. The first-order chi connectivity index (χ1) is 6.03. The van der Waals surface area contributed by atoms with Gasteiger partial charge in [-0.05, 0) is 24.7 Å².